The maximum Gasteiger partial charge on any atom is 0.387 e. The fourth-order valence-corrected chi connectivity index (χ4v) is 1.92. The molecule has 0 saturated carbocycles. The van der Waals surface area contributed by atoms with Crippen molar-refractivity contribution in [2.75, 3.05) is 31.2 Å². The smallest absolute Gasteiger partial charge is 0.378 e. The van der Waals surface area contributed by atoms with Crippen LogP contribution in [-0.2, 0) is 4.74 Å². The quantitative estimate of drug-likeness (QED) is 0.610. The summed E-state index contributed by atoms with van der Waals surface area (Å²) in [6, 6.07) is 1.72. The van der Waals surface area contributed by atoms with Crippen molar-refractivity contribution >= 4 is 27.4 Å². The van der Waals surface area contributed by atoms with Gasteiger partial charge in [-0.25, -0.2) is 0 Å². The Morgan fingerprint density at radius 3 is 2.81 bits per heavy atom. The van der Waals surface area contributed by atoms with E-state index in [0.29, 0.717) is 32.0 Å². The molecule has 0 N–H and O–H groups in total. The van der Waals surface area contributed by atoms with Crippen molar-refractivity contribution in [3.63, 3.8) is 0 Å². The molecule has 6 nitrogen and oxygen atoms in total. The number of morpholine rings is 1. The van der Waals surface area contributed by atoms with E-state index in [1.54, 1.807) is 6.07 Å². The van der Waals surface area contributed by atoms with Gasteiger partial charge in [-0.2, -0.15) is 0 Å². The number of rotatable bonds is 2. The number of hydrogen-bond donors (Lipinski definition) is 0. The van der Waals surface area contributed by atoms with Crippen LogP contribution >= 0.6 is 15.9 Å². The zero-order chi connectivity index (χ0) is 11.5. The van der Waals surface area contributed by atoms with Gasteiger partial charge in [-0.15, -0.1) is 0 Å². The Hall–Kier alpha value is -1.21. The highest BCUT2D eigenvalue weighted by Crippen LogP contribution is 2.29. The largest absolute Gasteiger partial charge is 0.387 e. The van der Waals surface area contributed by atoms with E-state index in [0.717, 1.165) is 4.47 Å². The van der Waals surface area contributed by atoms with Gasteiger partial charge in [-0.3, -0.25) is 0 Å². The third kappa shape index (κ3) is 2.30. The average molecular weight is 288 g/mol. The van der Waals surface area contributed by atoms with E-state index in [-0.39, 0.29) is 5.82 Å². The van der Waals surface area contributed by atoms with Crippen LogP contribution in [0, 0.1) is 10.1 Å². The Bertz CT molecular complexity index is 407. The second kappa shape index (κ2) is 4.75. The summed E-state index contributed by atoms with van der Waals surface area (Å²) in [6.45, 7) is 2.48. The molecule has 1 saturated heterocycles. The second-order valence-corrected chi connectivity index (χ2v) is 4.27. The zero-order valence-corrected chi connectivity index (χ0v) is 10.0. The summed E-state index contributed by atoms with van der Waals surface area (Å²) in [4.78, 5) is 16.1. The molecule has 0 atom stereocenters. The van der Waals surface area contributed by atoms with Gasteiger partial charge in [0.2, 0.25) is 0 Å². The van der Waals surface area contributed by atoms with E-state index < -0.39 is 4.92 Å². The first-order chi connectivity index (χ1) is 7.68. The van der Waals surface area contributed by atoms with Crippen LogP contribution in [0.25, 0.3) is 0 Å². The molecule has 0 bridgehead atoms. The first kappa shape index (κ1) is 11.3. The van der Waals surface area contributed by atoms with Gasteiger partial charge >= 0.3 is 5.82 Å². The standard InChI is InChI=1S/C9H10BrN3O3/c10-7-5-8(9(11-6-7)13(14)15)12-1-3-16-4-2-12/h5-6H,1-4H2. The molecule has 0 aromatic carbocycles. The highest BCUT2D eigenvalue weighted by Gasteiger charge is 2.22. The molecule has 86 valence electrons. The zero-order valence-electron chi connectivity index (χ0n) is 8.43. The summed E-state index contributed by atoms with van der Waals surface area (Å²) in [5, 5.41) is 10.8. The fourth-order valence-electron chi connectivity index (χ4n) is 1.60. The summed E-state index contributed by atoms with van der Waals surface area (Å²) in [5.41, 5.74) is 0.544. The third-order valence-corrected chi connectivity index (χ3v) is 2.77. The van der Waals surface area contributed by atoms with Crippen LogP contribution < -0.4 is 4.90 Å². The van der Waals surface area contributed by atoms with Crippen LogP contribution in [0.15, 0.2) is 16.7 Å². The molecule has 2 heterocycles. The SMILES string of the molecule is O=[N+]([O-])c1ncc(Br)cc1N1CCOCC1. The molecule has 0 unspecified atom stereocenters. The molecule has 1 aliphatic rings. The molecule has 1 aromatic rings. The van der Waals surface area contributed by atoms with Gasteiger partial charge in [0, 0.05) is 13.1 Å². The summed E-state index contributed by atoms with van der Waals surface area (Å²) >= 11 is 3.27. The number of halogens is 1. The van der Waals surface area contributed by atoms with Crippen molar-refractivity contribution in [2.45, 2.75) is 0 Å². The Labute approximate surface area is 100 Å². The average Bonchev–Trinajstić information content (AvgIpc) is 2.29. The van der Waals surface area contributed by atoms with E-state index >= 15 is 0 Å². The summed E-state index contributed by atoms with van der Waals surface area (Å²) in [6.07, 6.45) is 1.43. The van der Waals surface area contributed by atoms with Gasteiger partial charge in [0.1, 0.15) is 5.69 Å². The van der Waals surface area contributed by atoms with E-state index in [9.17, 15) is 10.1 Å². The van der Waals surface area contributed by atoms with Gasteiger partial charge in [0.25, 0.3) is 0 Å². The van der Waals surface area contributed by atoms with Crippen molar-refractivity contribution in [3.8, 4) is 0 Å². The predicted molar refractivity (Wildman–Crippen MR) is 61.6 cm³/mol. The van der Waals surface area contributed by atoms with Crippen LogP contribution in [-0.4, -0.2) is 36.2 Å². The van der Waals surface area contributed by atoms with E-state index in [4.69, 9.17) is 4.74 Å². The number of anilines is 1. The third-order valence-electron chi connectivity index (χ3n) is 2.34. The highest BCUT2D eigenvalue weighted by molar-refractivity contribution is 9.10. The number of hydrogen-bond acceptors (Lipinski definition) is 5. The molecule has 0 radical (unpaired) electrons. The lowest BCUT2D eigenvalue weighted by Gasteiger charge is -2.28. The van der Waals surface area contributed by atoms with Crippen molar-refractivity contribution in [3.05, 3.63) is 26.9 Å². The number of nitro groups is 1. The maximum atomic E-state index is 10.8. The minimum Gasteiger partial charge on any atom is -0.378 e. The monoisotopic (exact) mass is 287 g/mol. The van der Waals surface area contributed by atoms with E-state index in [1.165, 1.54) is 6.20 Å². The molecule has 1 aliphatic heterocycles. The van der Waals surface area contributed by atoms with Crippen molar-refractivity contribution < 1.29 is 9.66 Å². The molecular formula is C9H10BrN3O3. The lowest BCUT2D eigenvalue weighted by atomic mass is 10.3. The minimum absolute atomic E-state index is 0.106. The maximum absolute atomic E-state index is 10.8. The number of aromatic nitrogens is 1. The normalized spacial score (nSPS) is 16.2. The number of pyridine rings is 1. The Morgan fingerprint density at radius 1 is 1.50 bits per heavy atom. The van der Waals surface area contributed by atoms with Crippen molar-refractivity contribution in [2.24, 2.45) is 0 Å². The second-order valence-electron chi connectivity index (χ2n) is 3.35. The van der Waals surface area contributed by atoms with Crippen molar-refractivity contribution in [1.82, 2.24) is 4.98 Å². The van der Waals surface area contributed by atoms with Gasteiger partial charge in [-0.05, 0) is 31.9 Å². The van der Waals surface area contributed by atoms with Crippen molar-refractivity contribution in [1.29, 1.82) is 0 Å². The summed E-state index contributed by atoms with van der Waals surface area (Å²) in [5.74, 6) is -0.106. The number of nitrogens with zero attached hydrogens (tertiary/aromatic N) is 3. The van der Waals surface area contributed by atoms with Crippen LogP contribution in [0.1, 0.15) is 0 Å². The Morgan fingerprint density at radius 2 is 2.19 bits per heavy atom. The minimum atomic E-state index is -0.461. The highest BCUT2D eigenvalue weighted by atomic mass is 79.9. The first-order valence-electron chi connectivity index (χ1n) is 4.81. The van der Waals surface area contributed by atoms with Crippen LogP contribution in [0.3, 0.4) is 0 Å². The van der Waals surface area contributed by atoms with Crippen LogP contribution in [0.5, 0.6) is 0 Å². The lowest BCUT2D eigenvalue weighted by Crippen LogP contribution is -2.36. The van der Waals surface area contributed by atoms with Gasteiger partial charge < -0.3 is 19.8 Å². The van der Waals surface area contributed by atoms with Gasteiger partial charge in [0.15, 0.2) is 6.20 Å². The van der Waals surface area contributed by atoms with E-state index in [1.807, 2.05) is 4.90 Å². The molecule has 16 heavy (non-hydrogen) atoms. The lowest BCUT2D eigenvalue weighted by molar-refractivity contribution is -0.388. The molecule has 2 rings (SSSR count). The topological polar surface area (TPSA) is 68.5 Å². The summed E-state index contributed by atoms with van der Waals surface area (Å²) < 4.78 is 5.94. The molecule has 0 amide bonds. The predicted octanol–water partition coefficient (Wildman–Crippen LogP) is 1.59. The molecule has 1 fully saturated rings. The van der Waals surface area contributed by atoms with Crippen LogP contribution in [0.4, 0.5) is 11.5 Å². The number of ether oxygens (including phenoxy) is 1. The van der Waals surface area contributed by atoms with Gasteiger partial charge in [0.05, 0.1) is 17.7 Å². The van der Waals surface area contributed by atoms with Gasteiger partial charge in [-0.1, -0.05) is 0 Å². The van der Waals surface area contributed by atoms with Crippen LogP contribution in [0.2, 0.25) is 0 Å². The summed E-state index contributed by atoms with van der Waals surface area (Å²) in [7, 11) is 0. The Balaban J connectivity index is 2.36. The molecule has 1 aromatic heterocycles. The fraction of sp³-hybridized carbons (Fsp3) is 0.444. The molecule has 0 spiro atoms. The first-order valence-corrected chi connectivity index (χ1v) is 5.60. The van der Waals surface area contributed by atoms with E-state index in [2.05, 4.69) is 20.9 Å². The Kier molecular flexibility index (Phi) is 3.35. The molecule has 0 aliphatic carbocycles. The molecular weight excluding hydrogens is 278 g/mol. The molecule has 7 heteroatoms.